The van der Waals surface area contributed by atoms with E-state index in [1.54, 1.807) is 6.07 Å². The maximum atomic E-state index is 11.0. The number of Topliss-reactive ketones (excluding diaryl/α,β-unsaturated/α-hetero) is 1. The summed E-state index contributed by atoms with van der Waals surface area (Å²) in [4.78, 5) is 11.0. The first-order valence-corrected chi connectivity index (χ1v) is 4.72. The third-order valence-electron chi connectivity index (χ3n) is 2.00. The van der Waals surface area contributed by atoms with E-state index in [0.29, 0.717) is 5.75 Å². The Morgan fingerprint density at radius 3 is 2.80 bits per heavy atom. The second-order valence-corrected chi connectivity index (χ2v) is 3.43. The van der Waals surface area contributed by atoms with Crippen LogP contribution >= 0.6 is 0 Å². The van der Waals surface area contributed by atoms with Crippen molar-refractivity contribution in [2.45, 2.75) is 20.3 Å². The molecule has 0 bridgehead atoms. The van der Waals surface area contributed by atoms with Crippen molar-refractivity contribution < 1.29 is 9.53 Å². The zero-order valence-corrected chi connectivity index (χ0v) is 8.91. The van der Waals surface area contributed by atoms with E-state index in [2.05, 4.69) is 0 Å². The molecule has 0 radical (unpaired) electrons. The quantitative estimate of drug-likeness (QED) is 0.753. The molecule has 1 rings (SSSR count). The Hall–Kier alpha value is -1.82. The largest absolute Gasteiger partial charge is 0.486 e. The molecular weight excluding hydrogens is 190 g/mol. The van der Waals surface area contributed by atoms with E-state index in [1.807, 2.05) is 32.0 Å². The molecule has 0 aliphatic carbocycles. The average Bonchev–Trinajstić information content (AvgIpc) is 2.17. The van der Waals surface area contributed by atoms with Gasteiger partial charge in [-0.3, -0.25) is 4.79 Å². The van der Waals surface area contributed by atoms with Gasteiger partial charge in [0.25, 0.3) is 0 Å². The summed E-state index contributed by atoms with van der Waals surface area (Å²) in [5.41, 5.74) is 2.16. The Bertz CT molecular complexity index is 405. The number of carbonyl (C=O) groups is 1. The first kappa shape index (κ1) is 11.3. The highest BCUT2D eigenvalue weighted by Gasteiger charge is 2.04. The summed E-state index contributed by atoms with van der Waals surface area (Å²) >= 11 is 0. The summed E-state index contributed by atoms with van der Waals surface area (Å²) in [6.07, 6.45) is -0.0924. The van der Waals surface area contributed by atoms with Gasteiger partial charge in [0.15, 0.2) is 5.78 Å². The third-order valence-corrected chi connectivity index (χ3v) is 2.00. The molecule has 15 heavy (non-hydrogen) atoms. The molecule has 1 aromatic rings. The summed E-state index contributed by atoms with van der Waals surface area (Å²) in [5, 5.41) is 8.30. The van der Waals surface area contributed by atoms with Crippen LogP contribution < -0.4 is 4.74 Å². The van der Waals surface area contributed by atoms with Crippen LogP contribution in [0.4, 0.5) is 0 Å². The monoisotopic (exact) mass is 203 g/mol. The van der Waals surface area contributed by atoms with E-state index < -0.39 is 0 Å². The Morgan fingerprint density at radius 1 is 1.47 bits per heavy atom. The Morgan fingerprint density at radius 2 is 2.20 bits per heavy atom. The van der Waals surface area contributed by atoms with E-state index in [-0.39, 0.29) is 18.8 Å². The second kappa shape index (κ2) is 5.16. The van der Waals surface area contributed by atoms with E-state index in [4.69, 9.17) is 10.00 Å². The number of nitrogens with zero attached hydrogens (tertiary/aromatic N) is 1. The molecule has 0 unspecified atom stereocenters. The minimum absolute atomic E-state index is 0.0303. The average molecular weight is 203 g/mol. The third kappa shape index (κ3) is 3.43. The highest BCUT2D eigenvalue weighted by Crippen LogP contribution is 2.18. The molecule has 3 heteroatoms. The Kier molecular flexibility index (Phi) is 3.87. The molecule has 78 valence electrons. The fourth-order valence-electron chi connectivity index (χ4n) is 1.26. The van der Waals surface area contributed by atoms with Crippen molar-refractivity contribution in [1.29, 1.82) is 5.26 Å². The van der Waals surface area contributed by atoms with Crippen LogP contribution in [0.5, 0.6) is 5.75 Å². The van der Waals surface area contributed by atoms with Gasteiger partial charge in [-0.25, -0.2) is 0 Å². The SMILES string of the molecule is Cc1ccc(OCC(=O)CC#N)c(C)c1. The van der Waals surface area contributed by atoms with Crippen molar-refractivity contribution in [3.63, 3.8) is 0 Å². The lowest BCUT2D eigenvalue weighted by atomic mass is 10.1. The van der Waals surface area contributed by atoms with Crippen LogP contribution in [0, 0.1) is 25.2 Å². The molecule has 3 nitrogen and oxygen atoms in total. The first-order valence-electron chi connectivity index (χ1n) is 4.72. The maximum absolute atomic E-state index is 11.0. The Balaban J connectivity index is 2.59. The van der Waals surface area contributed by atoms with Crippen LogP contribution in [0.15, 0.2) is 18.2 Å². The molecule has 0 spiro atoms. The number of ether oxygens (including phenoxy) is 1. The number of benzene rings is 1. The molecule has 0 N–H and O–H groups in total. The summed E-state index contributed by atoms with van der Waals surface area (Å²) in [6, 6.07) is 7.55. The van der Waals surface area contributed by atoms with Gasteiger partial charge in [-0.15, -0.1) is 0 Å². The molecule has 0 aliphatic heterocycles. The van der Waals surface area contributed by atoms with Crippen LogP contribution in [-0.2, 0) is 4.79 Å². The molecule has 0 aromatic heterocycles. The maximum Gasteiger partial charge on any atom is 0.184 e. The lowest BCUT2D eigenvalue weighted by molar-refractivity contribution is -0.120. The summed E-state index contributed by atoms with van der Waals surface area (Å²) in [6.45, 7) is 3.90. The van der Waals surface area contributed by atoms with Crippen molar-refractivity contribution in [3.05, 3.63) is 29.3 Å². The standard InChI is InChI=1S/C12H13NO2/c1-9-3-4-12(10(2)7-9)15-8-11(14)5-6-13/h3-4,7H,5,8H2,1-2H3. The van der Waals surface area contributed by atoms with Gasteiger partial charge in [-0.2, -0.15) is 5.26 Å². The van der Waals surface area contributed by atoms with Gasteiger partial charge in [0.05, 0.1) is 12.5 Å². The van der Waals surface area contributed by atoms with Gasteiger partial charge in [-0.1, -0.05) is 17.7 Å². The molecule has 0 saturated carbocycles. The number of ketones is 1. The highest BCUT2D eigenvalue weighted by atomic mass is 16.5. The van der Waals surface area contributed by atoms with Crippen LogP contribution in [0.25, 0.3) is 0 Å². The lowest BCUT2D eigenvalue weighted by Gasteiger charge is -2.07. The highest BCUT2D eigenvalue weighted by molar-refractivity contribution is 5.81. The summed E-state index contributed by atoms with van der Waals surface area (Å²) < 4.78 is 5.31. The van der Waals surface area contributed by atoms with Crippen molar-refractivity contribution in [2.75, 3.05) is 6.61 Å². The number of carbonyl (C=O) groups excluding carboxylic acids is 1. The van der Waals surface area contributed by atoms with Crippen molar-refractivity contribution in [2.24, 2.45) is 0 Å². The van der Waals surface area contributed by atoms with Gasteiger partial charge < -0.3 is 4.74 Å². The van der Waals surface area contributed by atoms with Gasteiger partial charge in [0, 0.05) is 0 Å². The van der Waals surface area contributed by atoms with Gasteiger partial charge in [0.2, 0.25) is 0 Å². The van der Waals surface area contributed by atoms with Crippen LogP contribution in [0.2, 0.25) is 0 Å². The van der Waals surface area contributed by atoms with E-state index in [9.17, 15) is 4.79 Å². The minimum atomic E-state index is -0.197. The zero-order valence-electron chi connectivity index (χ0n) is 8.91. The van der Waals surface area contributed by atoms with E-state index in [0.717, 1.165) is 11.1 Å². The summed E-state index contributed by atoms with van der Waals surface area (Å²) in [5.74, 6) is 0.504. The minimum Gasteiger partial charge on any atom is -0.486 e. The topological polar surface area (TPSA) is 50.1 Å². The Labute approximate surface area is 89.3 Å². The fraction of sp³-hybridized carbons (Fsp3) is 0.333. The van der Waals surface area contributed by atoms with Gasteiger partial charge in [0.1, 0.15) is 12.4 Å². The second-order valence-electron chi connectivity index (χ2n) is 3.43. The predicted molar refractivity (Wildman–Crippen MR) is 56.6 cm³/mol. The fourth-order valence-corrected chi connectivity index (χ4v) is 1.26. The van der Waals surface area contributed by atoms with Crippen molar-refractivity contribution in [1.82, 2.24) is 0 Å². The van der Waals surface area contributed by atoms with Crippen molar-refractivity contribution >= 4 is 5.78 Å². The smallest absolute Gasteiger partial charge is 0.184 e. The summed E-state index contributed by atoms with van der Waals surface area (Å²) in [7, 11) is 0. The molecule has 0 saturated heterocycles. The lowest BCUT2D eigenvalue weighted by Crippen LogP contribution is -2.10. The van der Waals surface area contributed by atoms with Gasteiger partial charge in [-0.05, 0) is 25.5 Å². The zero-order chi connectivity index (χ0) is 11.3. The molecule has 0 fully saturated rings. The number of nitriles is 1. The molecule has 0 atom stereocenters. The number of rotatable bonds is 4. The number of aryl methyl sites for hydroxylation is 2. The molecule has 1 aromatic carbocycles. The number of hydrogen-bond acceptors (Lipinski definition) is 3. The van der Waals surface area contributed by atoms with Crippen molar-refractivity contribution in [3.8, 4) is 11.8 Å². The van der Waals surface area contributed by atoms with E-state index >= 15 is 0 Å². The van der Waals surface area contributed by atoms with E-state index in [1.165, 1.54) is 0 Å². The number of hydrogen-bond donors (Lipinski definition) is 0. The predicted octanol–water partition coefficient (Wildman–Crippen LogP) is 2.17. The molecule has 0 amide bonds. The molecular formula is C12H13NO2. The molecule has 0 aliphatic rings. The molecule has 0 heterocycles. The van der Waals surface area contributed by atoms with Crippen LogP contribution in [-0.4, -0.2) is 12.4 Å². The van der Waals surface area contributed by atoms with Crippen LogP contribution in [0.1, 0.15) is 17.5 Å². The van der Waals surface area contributed by atoms with Crippen LogP contribution in [0.3, 0.4) is 0 Å². The van der Waals surface area contributed by atoms with Gasteiger partial charge >= 0.3 is 0 Å². The first-order chi connectivity index (χ1) is 7.13. The normalized spacial score (nSPS) is 9.40.